The lowest BCUT2D eigenvalue weighted by Crippen LogP contribution is -2.27. The number of ether oxygens (including phenoxy) is 4. The van der Waals surface area contributed by atoms with E-state index in [-0.39, 0.29) is 5.91 Å². The molecule has 1 aromatic rings. The Morgan fingerprint density at radius 1 is 1.20 bits per heavy atom. The molecule has 1 atom stereocenters. The van der Waals surface area contributed by atoms with Crippen LogP contribution in [0.1, 0.15) is 12.8 Å². The number of benzene rings is 1. The Labute approximate surface area is 118 Å². The maximum atomic E-state index is 12.1. The lowest BCUT2D eigenvalue weighted by Gasteiger charge is -2.17. The minimum Gasteiger partial charge on any atom is -0.496 e. The number of hydrogen-bond acceptors (Lipinski definition) is 5. The van der Waals surface area contributed by atoms with Gasteiger partial charge in [-0.05, 0) is 12.8 Å². The average molecular weight is 281 g/mol. The van der Waals surface area contributed by atoms with Gasteiger partial charge in [-0.15, -0.1) is 0 Å². The molecular formula is C14H19NO5. The summed E-state index contributed by atoms with van der Waals surface area (Å²) in [7, 11) is 4.60. The Morgan fingerprint density at radius 3 is 2.30 bits per heavy atom. The van der Waals surface area contributed by atoms with Crippen molar-refractivity contribution in [1.29, 1.82) is 0 Å². The van der Waals surface area contributed by atoms with E-state index < -0.39 is 6.10 Å². The van der Waals surface area contributed by atoms with Gasteiger partial charge < -0.3 is 24.3 Å². The van der Waals surface area contributed by atoms with Gasteiger partial charge in [0.2, 0.25) is 0 Å². The van der Waals surface area contributed by atoms with Crippen molar-refractivity contribution < 1.29 is 23.7 Å². The van der Waals surface area contributed by atoms with Crippen molar-refractivity contribution in [2.75, 3.05) is 33.3 Å². The van der Waals surface area contributed by atoms with Crippen LogP contribution in [0.15, 0.2) is 12.1 Å². The van der Waals surface area contributed by atoms with Gasteiger partial charge in [0, 0.05) is 18.7 Å². The predicted octanol–water partition coefficient (Wildman–Crippen LogP) is 1.83. The molecule has 6 heteroatoms. The average Bonchev–Trinajstić information content (AvgIpc) is 3.01. The van der Waals surface area contributed by atoms with E-state index in [1.54, 1.807) is 19.2 Å². The molecule has 1 heterocycles. The minimum atomic E-state index is -0.411. The number of anilines is 1. The molecule has 110 valence electrons. The molecule has 0 saturated carbocycles. The summed E-state index contributed by atoms with van der Waals surface area (Å²) in [5.74, 6) is 1.36. The SMILES string of the molecule is COc1cc(OC)c(NC(=O)C2CCCO2)c(OC)c1. The highest BCUT2D eigenvalue weighted by atomic mass is 16.5. The molecule has 1 unspecified atom stereocenters. The molecule has 1 aromatic carbocycles. The van der Waals surface area contributed by atoms with Crippen LogP contribution in [0.2, 0.25) is 0 Å². The number of nitrogens with one attached hydrogen (secondary N) is 1. The van der Waals surface area contributed by atoms with E-state index >= 15 is 0 Å². The van der Waals surface area contributed by atoms with Crippen molar-refractivity contribution in [1.82, 2.24) is 0 Å². The quantitative estimate of drug-likeness (QED) is 0.892. The molecule has 6 nitrogen and oxygen atoms in total. The maximum absolute atomic E-state index is 12.1. The topological polar surface area (TPSA) is 66.0 Å². The monoisotopic (exact) mass is 281 g/mol. The normalized spacial score (nSPS) is 17.6. The van der Waals surface area contributed by atoms with Gasteiger partial charge in [-0.1, -0.05) is 0 Å². The van der Waals surface area contributed by atoms with Crippen LogP contribution in [0.25, 0.3) is 0 Å². The highest BCUT2D eigenvalue weighted by Gasteiger charge is 2.25. The zero-order valence-electron chi connectivity index (χ0n) is 11.9. The van der Waals surface area contributed by atoms with Crippen LogP contribution in [-0.4, -0.2) is 39.9 Å². The zero-order valence-corrected chi connectivity index (χ0v) is 11.9. The highest BCUT2D eigenvalue weighted by molar-refractivity contribution is 5.97. The van der Waals surface area contributed by atoms with E-state index in [1.807, 2.05) is 0 Å². The third kappa shape index (κ3) is 2.96. The van der Waals surface area contributed by atoms with Crippen molar-refractivity contribution in [3.05, 3.63) is 12.1 Å². The summed E-state index contributed by atoms with van der Waals surface area (Å²) >= 11 is 0. The third-order valence-corrected chi connectivity index (χ3v) is 3.19. The largest absolute Gasteiger partial charge is 0.496 e. The lowest BCUT2D eigenvalue weighted by molar-refractivity contribution is -0.124. The summed E-state index contributed by atoms with van der Waals surface area (Å²) in [5.41, 5.74) is 0.483. The van der Waals surface area contributed by atoms with E-state index in [1.165, 1.54) is 14.2 Å². The first-order valence-electron chi connectivity index (χ1n) is 6.42. The fourth-order valence-electron chi connectivity index (χ4n) is 2.12. The summed E-state index contributed by atoms with van der Waals surface area (Å²) in [4.78, 5) is 12.1. The van der Waals surface area contributed by atoms with E-state index in [4.69, 9.17) is 18.9 Å². The van der Waals surface area contributed by atoms with E-state index in [0.717, 1.165) is 12.8 Å². The number of methoxy groups -OCH3 is 3. The molecule has 1 aliphatic heterocycles. The second-order valence-corrected chi connectivity index (χ2v) is 4.40. The first kappa shape index (κ1) is 14.5. The molecule has 2 rings (SSSR count). The van der Waals surface area contributed by atoms with Crippen LogP contribution >= 0.6 is 0 Å². The Hall–Kier alpha value is -1.95. The van der Waals surface area contributed by atoms with Gasteiger partial charge in [0.05, 0.1) is 21.3 Å². The fourth-order valence-corrected chi connectivity index (χ4v) is 2.12. The summed E-state index contributed by atoms with van der Waals surface area (Å²) in [6.07, 6.45) is 1.22. The van der Waals surface area contributed by atoms with Crippen LogP contribution in [0, 0.1) is 0 Å². The molecule has 1 fully saturated rings. The van der Waals surface area contributed by atoms with Gasteiger partial charge in [-0.2, -0.15) is 0 Å². The van der Waals surface area contributed by atoms with Gasteiger partial charge >= 0.3 is 0 Å². The number of hydrogen-bond donors (Lipinski definition) is 1. The van der Waals surface area contributed by atoms with Crippen molar-refractivity contribution in [3.8, 4) is 17.2 Å². The second kappa shape index (κ2) is 6.47. The van der Waals surface area contributed by atoms with Crippen molar-refractivity contribution >= 4 is 11.6 Å². The molecule has 20 heavy (non-hydrogen) atoms. The molecule has 1 saturated heterocycles. The van der Waals surface area contributed by atoms with Gasteiger partial charge in [-0.3, -0.25) is 4.79 Å². The van der Waals surface area contributed by atoms with Crippen molar-refractivity contribution in [2.24, 2.45) is 0 Å². The number of carbonyl (C=O) groups is 1. The predicted molar refractivity (Wildman–Crippen MR) is 73.7 cm³/mol. The third-order valence-electron chi connectivity index (χ3n) is 3.19. The van der Waals surface area contributed by atoms with Crippen LogP contribution in [0.3, 0.4) is 0 Å². The Balaban J connectivity index is 2.26. The van der Waals surface area contributed by atoms with Crippen LogP contribution in [0.4, 0.5) is 5.69 Å². The van der Waals surface area contributed by atoms with Crippen molar-refractivity contribution in [3.63, 3.8) is 0 Å². The standard InChI is InChI=1S/C14H19NO5/c1-17-9-7-11(18-2)13(12(8-9)19-3)15-14(16)10-5-4-6-20-10/h7-8,10H,4-6H2,1-3H3,(H,15,16). The van der Waals surface area contributed by atoms with Gasteiger partial charge in [0.1, 0.15) is 29.0 Å². The van der Waals surface area contributed by atoms with E-state index in [0.29, 0.717) is 29.5 Å². The molecule has 0 bridgehead atoms. The number of rotatable bonds is 5. The molecule has 0 aromatic heterocycles. The number of carbonyl (C=O) groups excluding carboxylic acids is 1. The van der Waals surface area contributed by atoms with E-state index in [9.17, 15) is 4.79 Å². The highest BCUT2D eigenvalue weighted by Crippen LogP contribution is 2.39. The molecule has 1 aliphatic rings. The number of amides is 1. The molecule has 0 aliphatic carbocycles. The maximum Gasteiger partial charge on any atom is 0.253 e. The fraction of sp³-hybridized carbons (Fsp3) is 0.500. The summed E-state index contributed by atoms with van der Waals surface area (Å²) in [5, 5.41) is 2.80. The molecule has 1 N–H and O–H groups in total. The molecule has 0 spiro atoms. The second-order valence-electron chi connectivity index (χ2n) is 4.40. The molecular weight excluding hydrogens is 262 g/mol. The van der Waals surface area contributed by atoms with E-state index in [2.05, 4.69) is 5.32 Å². The first-order valence-corrected chi connectivity index (χ1v) is 6.42. The smallest absolute Gasteiger partial charge is 0.253 e. The summed E-state index contributed by atoms with van der Waals surface area (Å²) in [6.45, 7) is 0.620. The zero-order chi connectivity index (χ0) is 14.5. The Bertz CT molecular complexity index is 457. The summed E-state index contributed by atoms with van der Waals surface area (Å²) < 4.78 is 21.1. The van der Waals surface area contributed by atoms with Crippen LogP contribution in [-0.2, 0) is 9.53 Å². The Morgan fingerprint density at radius 2 is 1.85 bits per heavy atom. The summed E-state index contributed by atoms with van der Waals surface area (Å²) in [6, 6.07) is 3.38. The lowest BCUT2D eigenvalue weighted by atomic mass is 10.2. The van der Waals surface area contributed by atoms with Gasteiger partial charge in [0.25, 0.3) is 5.91 Å². The van der Waals surface area contributed by atoms with Gasteiger partial charge in [0.15, 0.2) is 0 Å². The van der Waals surface area contributed by atoms with Gasteiger partial charge in [-0.25, -0.2) is 0 Å². The molecule has 1 amide bonds. The minimum absolute atomic E-state index is 0.190. The van der Waals surface area contributed by atoms with Crippen LogP contribution in [0.5, 0.6) is 17.2 Å². The first-order chi connectivity index (χ1) is 9.69. The Kier molecular flexibility index (Phi) is 4.68. The van der Waals surface area contributed by atoms with Crippen LogP contribution < -0.4 is 19.5 Å². The van der Waals surface area contributed by atoms with Crippen molar-refractivity contribution in [2.45, 2.75) is 18.9 Å². The molecule has 0 radical (unpaired) electrons.